The van der Waals surface area contributed by atoms with Crippen molar-refractivity contribution in [2.75, 3.05) is 53.5 Å². The van der Waals surface area contributed by atoms with Crippen LogP contribution in [0.15, 0.2) is 12.1 Å². The molecule has 2 rings (SSSR count). The van der Waals surface area contributed by atoms with E-state index in [0.717, 1.165) is 70.2 Å². The molecule has 1 aromatic rings. The lowest BCUT2D eigenvalue weighted by Gasteiger charge is -2.34. The van der Waals surface area contributed by atoms with E-state index in [4.69, 9.17) is 19.9 Å². The second-order valence-corrected chi connectivity index (χ2v) is 6.93. The first-order valence-corrected chi connectivity index (χ1v) is 9.67. The summed E-state index contributed by atoms with van der Waals surface area (Å²) in [5, 5.41) is 0. The van der Waals surface area contributed by atoms with Crippen LogP contribution in [-0.4, -0.2) is 69.4 Å². The summed E-state index contributed by atoms with van der Waals surface area (Å²) in [5.41, 5.74) is 6.80. The number of hydrogen-bond acceptors (Lipinski definition) is 6. The highest BCUT2D eigenvalue weighted by molar-refractivity contribution is 5.54. The zero-order chi connectivity index (χ0) is 18.9. The van der Waals surface area contributed by atoms with Gasteiger partial charge < -0.3 is 24.8 Å². The fraction of sp³-hybridized carbons (Fsp3) is 0.700. The van der Waals surface area contributed by atoms with E-state index in [0.29, 0.717) is 5.75 Å². The van der Waals surface area contributed by atoms with Crippen LogP contribution in [0.1, 0.15) is 32.3 Å². The lowest BCUT2D eigenvalue weighted by Crippen LogP contribution is -2.46. The highest BCUT2D eigenvalue weighted by Gasteiger charge is 2.20. The van der Waals surface area contributed by atoms with E-state index < -0.39 is 0 Å². The second-order valence-electron chi connectivity index (χ2n) is 6.93. The molecular weight excluding hydrogens is 330 g/mol. The average Bonchev–Trinajstić information content (AvgIpc) is 2.67. The molecule has 1 fully saturated rings. The SMILES string of the molecule is CCC(C)Oc1c(OC)cc(CN2CCN(CCCN)CC2)cc1OC. The molecule has 1 aromatic carbocycles. The van der Waals surface area contributed by atoms with E-state index in [1.54, 1.807) is 14.2 Å². The maximum atomic E-state index is 6.02. The lowest BCUT2D eigenvalue weighted by atomic mass is 10.1. The smallest absolute Gasteiger partial charge is 0.203 e. The van der Waals surface area contributed by atoms with Gasteiger partial charge in [-0.1, -0.05) is 6.92 Å². The van der Waals surface area contributed by atoms with Gasteiger partial charge in [0.15, 0.2) is 11.5 Å². The summed E-state index contributed by atoms with van der Waals surface area (Å²) in [7, 11) is 3.36. The van der Waals surface area contributed by atoms with Crippen LogP contribution in [-0.2, 0) is 6.54 Å². The predicted octanol–water partition coefficient (Wildman–Crippen LogP) is 2.35. The van der Waals surface area contributed by atoms with Gasteiger partial charge in [-0.2, -0.15) is 0 Å². The Hall–Kier alpha value is -1.50. The number of hydrogen-bond donors (Lipinski definition) is 1. The highest BCUT2D eigenvalue weighted by atomic mass is 16.5. The van der Waals surface area contributed by atoms with Gasteiger partial charge in [0.2, 0.25) is 5.75 Å². The summed E-state index contributed by atoms with van der Waals surface area (Å²) in [6, 6.07) is 4.14. The molecule has 0 aliphatic carbocycles. The summed E-state index contributed by atoms with van der Waals surface area (Å²) < 4.78 is 17.2. The van der Waals surface area contributed by atoms with Gasteiger partial charge in [0.1, 0.15) is 0 Å². The fourth-order valence-electron chi connectivity index (χ4n) is 3.17. The van der Waals surface area contributed by atoms with Crippen LogP contribution in [0.5, 0.6) is 17.2 Å². The molecule has 26 heavy (non-hydrogen) atoms. The molecule has 0 bridgehead atoms. The molecule has 1 aliphatic heterocycles. The topological polar surface area (TPSA) is 60.2 Å². The van der Waals surface area contributed by atoms with Crippen molar-refractivity contribution in [3.8, 4) is 17.2 Å². The molecule has 0 saturated carbocycles. The summed E-state index contributed by atoms with van der Waals surface area (Å²) >= 11 is 0. The van der Waals surface area contributed by atoms with Gasteiger partial charge in [-0.15, -0.1) is 0 Å². The molecular formula is C20H35N3O3. The van der Waals surface area contributed by atoms with Gasteiger partial charge in [-0.25, -0.2) is 0 Å². The fourth-order valence-corrected chi connectivity index (χ4v) is 3.17. The Bertz CT molecular complexity index is 520. The van der Waals surface area contributed by atoms with Gasteiger partial charge in [0, 0.05) is 32.7 Å². The summed E-state index contributed by atoms with van der Waals surface area (Å²) in [6.45, 7) is 11.3. The van der Waals surface area contributed by atoms with Crippen LogP contribution in [0.3, 0.4) is 0 Å². The molecule has 6 heteroatoms. The summed E-state index contributed by atoms with van der Waals surface area (Å²) in [4.78, 5) is 4.97. The van der Waals surface area contributed by atoms with E-state index in [1.165, 1.54) is 5.56 Å². The van der Waals surface area contributed by atoms with Crippen LogP contribution < -0.4 is 19.9 Å². The van der Waals surface area contributed by atoms with Crippen LogP contribution in [0.25, 0.3) is 0 Å². The first-order valence-electron chi connectivity index (χ1n) is 9.67. The first kappa shape index (κ1) is 20.8. The Labute approximate surface area is 158 Å². The molecule has 2 N–H and O–H groups in total. The highest BCUT2D eigenvalue weighted by Crippen LogP contribution is 2.39. The monoisotopic (exact) mass is 365 g/mol. The zero-order valence-electron chi connectivity index (χ0n) is 16.8. The molecule has 6 nitrogen and oxygen atoms in total. The molecule has 1 heterocycles. The van der Waals surface area contributed by atoms with E-state index in [2.05, 4.69) is 35.8 Å². The maximum absolute atomic E-state index is 6.02. The number of ether oxygens (including phenoxy) is 3. The number of piperazine rings is 1. The Kier molecular flexibility index (Phi) is 8.48. The van der Waals surface area contributed by atoms with Crippen LogP contribution in [0.2, 0.25) is 0 Å². The molecule has 1 unspecified atom stereocenters. The summed E-state index contributed by atoms with van der Waals surface area (Å²) in [6.07, 6.45) is 2.12. The Balaban J connectivity index is 2.04. The van der Waals surface area contributed by atoms with Crippen LogP contribution in [0, 0.1) is 0 Å². The minimum absolute atomic E-state index is 0.116. The Morgan fingerprint density at radius 3 is 2.12 bits per heavy atom. The number of nitrogens with zero attached hydrogens (tertiary/aromatic N) is 2. The van der Waals surface area contributed by atoms with E-state index >= 15 is 0 Å². The van der Waals surface area contributed by atoms with Crippen LogP contribution >= 0.6 is 0 Å². The van der Waals surface area contributed by atoms with Gasteiger partial charge in [-0.3, -0.25) is 4.90 Å². The van der Waals surface area contributed by atoms with Crippen molar-refractivity contribution in [1.82, 2.24) is 9.80 Å². The van der Waals surface area contributed by atoms with Crippen molar-refractivity contribution in [1.29, 1.82) is 0 Å². The lowest BCUT2D eigenvalue weighted by molar-refractivity contribution is 0.126. The molecule has 0 spiro atoms. The van der Waals surface area contributed by atoms with Crippen molar-refractivity contribution in [3.63, 3.8) is 0 Å². The summed E-state index contributed by atoms with van der Waals surface area (Å²) in [5.74, 6) is 2.17. The third-order valence-corrected chi connectivity index (χ3v) is 4.96. The van der Waals surface area contributed by atoms with E-state index in [9.17, 15) is 0 Å². The molecule has 1 saturated heterocycles. The number of nitrogens with two attached hydrogens (primary N) is 1. The molecule has 1 aliphatic rings. The molecule has 148 valence electrons. The minimum Gasteiger partial charge on any atom is -0.493 e. The molecule has 0 aromatic heterocycles. The largest absolute Gasteiger partial charge is 0.493 e. The average molecular weight is 366 g/mol. The number of benzene rings is 1. The van der Waals surface area contributed by atoms with Gasteiger partial charge >= 0.3 is 0 Å². The molecule has 0 amide bonds. The predicted molar refractivity (Wildman–Crippen MR) is 105 cm³/mol. The third kappa shape index (κ3) is 5.76. The Morgan fingerprint density at radius 2 is 1.62 bits per heavy atom. The Morgan fingerprint density at radius 1 is 1.04 bits per heavy atom. The molecule has 0 radical (unpaired) electrons. The first-order chi connectivity index (χ1) is 12.6. The van der Waals surface area contributed by atoms with E-state index in [-0.39, 0.29) is 6.10 Å². The second kappa shape index (κ2) is 10.6. The van der Waals surface area contributed by atoms with Gasteiger partial charge in [-0.05, 0) is 50.6 Å². The normalized spacial score (nSPS) is 17.1. The van der Waals surface area contributed by atoms with Crippen molar-refractivity contribution in [3.05, 3.63) is 17.7 Å². The van der Waals surface area contributed by atoms with Gasteiger partial charge in [0.05, 0.1) is 20.3 Å². The zero-order valence-corrected chi connectivity index (χ0v) is 16.8. The van der Waals surface area contributed by atoms with Crippen molar-refractivity contribution >= 4 is 0 Å². The minimum atomic E-state index is 0.116. The van der Waals surface area contributed by atoms with Crippen molar-refractivity contribution < 1.29 is 14.2 Å². The van der Waals surface area contributed by atoms with Crippen LogP contribution in [0.4, 0.5) is 0 Å². The van der Waals surface area contributed by atoms with Gasteiger partial charge in [0.25, 0.3) is 0 Å². The number of rotatable bonds is 10. The quantitative estimate of drug-likeness (QED) is 0.687. The standard InChI is InChI=1S/C20H35N3O3/c1-5-16(2)26-20-18(24-3)13-17(14-19(20)25-4)15-23-11-9-22(10-12-23)8-6-7-21/h13-14,16H,5-12,15,21H2,1-4H3. The molecule has 1 atom stereocenters. The maximum Gasteiger partial charge on any atom is 0.203 e. The third-order valence-electron chi connectivity index (χ3n) is 4.96. The van der Waals surface area contributed by atoms with Crippen molar-refractivity contribution in [2.45, 2.75) is 39.3 Å². The number of methoxy groups -OCH3 is 2. The van der Waals surface area contributed by atoms with Crippen molar-refractivity contribution in [2.24, 2.45) is 5.73 Å². The van der Waals surface area contributed by atoms with E-state index in [1.807, 2.05) is 0 Å².